The van der Waals surface area contributed by atoms with Crippen molar-refractivity contribution in [2.45, 2.75) is 70.1 Å². The van der Waals surface area contributed by atoms with E-state index in [9.17, 15) is 4.79 Å². The lowest BCUT2D eigenvalue weighted by Gasteiger charge is -2.63. The van der Waals surface area contributed by atoms with Crippen LogP contribution in [0.5, 0.6) is 0 Å². The van der Waals surface area contributed by atoms with Crippen molar-refractivity contribution in [2.24, 2.45) is 11.8 Å². The van der Waals surface area contributed by atoms with Gasteiger partial charge in [0.1, 0.15) is 0 Å². The lowest BCUT2D eigenvalue weighted by Crippen LogP contribution is -2.76. The minimum Gasteiger partial charge on any atom is -0.381 e. The molecular formula is C21H37N3O3. The van der Waals surface area contributed by atoms with E-state index in [1.807, 2.05) is 4.90 Å². The molecule has 6 heteroatoms. The fraction of sp³-hybridized carbons (Fsp3) is 0.952. The van der Waals surface area contributed by atoms with Crippen LogP contribution in [0.3, 0.4) is 0 Å². The third-order valence-electron chi connectivity index (χ3n) is 6.98. The Balaban J connectivity index is 1.30. The number of hydrogen-bond acceptors (Lipinski definition) is 4. The van der Waals surface area contributed by atoms with E-state index in [0.29, 0.717) is 18.1 Å². The molecule has 1 spiro atoms. The molecule has 1 unspecified atom stereocenters. The van der Waals surface area contributed by atoms with Crippen LogP contribution in [0.1, 0.15) is 52.4 Å². The van der Waals surface area contributed by atoms with Gasteiger partial charge in [0.05, 0.1) is 11.6 Å². The molecule has 0 aromatic rings. The van der Waals surface area contributed by atoms with Gasteiger partial charge in [0.15, 0.2) is 0 Å². The van der Waals surface area contributed by atoms with Crippen molar-refractivity contribution < 1.29 is 14.3 Å². The van der Waals surface area contributed by atoms with E-state index >= 15 is 0 Å². The van der Waals surface area contributed by atoms with Crippen LogP contribution in [0.15, 0.2) is 0 Å². The zero-order chi connectivity index (χ0) is 18.9. The van der Waals surface area contributed by atoms with Gasteiger partial charge in [0.25, 0.3) is 0 Å². The summed E-state index contributed by atoms with van der Waals surface area (Å²) in [6.45, 7) is 10.5. The molecule has 0 aromatic carbocycles. The number of urea groups is 1. The van der Waals surface area contributed by atoms with Crippen molar-refractivity contribution in [3.63, 3.8) is 0 Å². The molecule has 27 heavy (non-hydrogen) atoms. The van der Waals surface area contributed by atoms with E-state index in [0.717, 1.165) is 77.6 Å². The topological polar surface area (TPSA) is 54.0 Å². The van der Waals surface area contributed by atoms with Crippen molar-refractivity contribution in [3.05, 3.63) is 0 Å². The van der Waals surface area contributed by atoms with Gasteiger partial charge in [-0.05, 0) is 50.4 Å². The summed E-state index contributed by atoms with van der Waals surface area (Å²) in [6.07, 6.45) is 7.43. The second kappa shape index (κ2) is 8.26. The molecule has 3 aliphatic heterocycles. The summed E-state index contributed by atoms with van der Waals surface area (Å²) in [5.41, 5.74) is 0.194. The molecule has 0 aromatic heterocycles. The summed E-state index contributed by atoms with van der Waals surface area (Å²) in [4.78, 5) is 17.0. The maximum Gasteiger partial charge on any atom is 0.317 e. The molecule has 1 atom stereocenters. The van der Waals surface area contributed by atoms with Crippen molar-refractivity contribution in [3.8, 4) is 0 Å². The Kier molecular flexibility index (Phi) is 5.95. The Morgan fingerprint density at radius 2 is 1.89 bits per heavy atom. The molecule has 4 rings (SSSR count). The maximum atomic E-state index is 12.3. The Bertz CT molecular complexity index is 509. The Morgan fingerprint density at radius 1 is 1.19 bits per heavy atom. The maximum absolute atomic E-state index is 12.3. The molecule has 4 aliphatic rings. The number of nitrogens with one attached hydrogen (secondary N) is 1. The van der Waals surface area contributed by atoms with Gasteiger partial charge in [-0.2, -0.15) is 0 Å². The van der Waals surface area contributed by atoms with Crippen LogP contribution in [0, 0.1) is 11.8 Å². The molecule has 3 saturated heterocycles. The zero-order valence-electron chi connectivity index (χ0n) is 17.1. The molecule has 4 fully saturated rings. The van der Waals surface area contributed by atoms with E-state index in [4.69, 9.17) is 9.47 Å². The van der Waals surface area contributed by atoms with Crippen LogP contribution < -0.4 is 5.32 Å². The highest BCUT2D eigenvalue weighted by Gasteiger charge is 2.57. The zero-order valence-corrected chi connectivity index (χ0v) is 17.1. The van der Waals surface area contributed by atoms with Crippen molar-refractivity contribution in [1.29, 1.82) is 0 Å². The van der Waals surface area contributed by atoms with Gasteiger partial charge < -0.3 is 19.7 Å². The standard InChI is InChI=1S/C21H37N3O3/c1-16(2)13-22-20(25)23-9-5-18(6-10-23)24-14-19(27-15-17-3-4-17)21(24)7-11-26-12-8-21/h16-19H,3-15H2,1-2H3,(H,22,25). The smallest absolute Gasteiger partial charge is 0.317 e. The molecule has 154 valence electrons. The van der Waals surface area contributed by atoms with Gasteiger partial charge in [-0.3, -0.25) is 4.90 Å². The number of rotatable bonds is 6. The number of ether oxygens (including phenoxy) is 2. The highest BCUT2D eigenvalue weighted by molar-refractivity contribution is 5.74. The van der Waals surface area contributed by atoms with Gasteiger partial charge in [-0.15, -0.1) is 0 Å². The number of nitrogens with zero attached hydrogens (tertiary/aromatic N) is 2. The number of piperidine rings is 1. The molecule has 3 heterocycles. The number of carbonyl (C=O) groups is 1. The van der Waals surface area contributed by atoms with E-state index in [-0.39, 0.29) is 11.6 Å². The summed E-state index contributed by atoms with van der Waals surface area (Å²) >= 11 is 0. The predicted octanol–water partition coefficient (Wildman–Crippen LogP) is 2.48. The third kappa shape index (κ3) is 4.28. The van der Waals surface area contributed by atoms with Gasteiger partial charge in [-0.1, -0.05) is 13.8 Å². The van der Waals surface area contributed by atoms with Crippen molar-refractivity contribution in [1.82, 2.24) is 15.1 Å². The van der Waals surface area contributed by atoms with E-state index < -0.39 is 0 Å². The monoisotopic (exact) mass is 379 g/mol. The van der Waals surface area contributed by atoms with Crippen molar-refractivity contribution >= 4 is 6.03 Å². The summed E-state index contributed by atoms with van der Waals surface area (Å²) < 4.78 is 12.0. The SMILES string of the molecule is CC(C)CNC(=O)N1CCC(N2CC(OCC3CC3)C23CCOCC3)CC1. The van der Waals surface area contributed by atoms with Crippen LogP contribution >= 0.6 is 0 Å². The molecule has 6 nitrogen and oxygen atoms in total. The largest absolute Gasteiger partial charge is 0.381 e. The third-order valence-corrected chi connectivity index (χ3v) is 6.98. The number of hydrogen-bond donors (Lipinski definition) is 1. The first kappa shape index (κ1) is 19.5. The lowest BCUT2D eigenvalue weighted by molar-refractivity contribution is -0.217. The van der Waals surface area contributed by atoms with E-state index in [2.05, 4.69) is 24.1 Å². The summed E-state index contributed by atoms with van der Waals surface area (Å²) in [7, 11) is 0. The first-order chi connectivity index (χ1) is 13.1. The van der Waals surface area contributed by atoms with Crippen LogP contribution in [0.4, 0.5) is 4.79 Å². The Morgan fingerprint density at radius 3 is 2.52 bits per heavy atom. The molecule has 0 radical (unpaired) electrons. The quantitative estimate of drug-likeness (QED) is 0.770. The Labute approximate surface area is 163 Å². The number of carbonyl (C=O) groups excluding carboxylic acids is 1. The summed E-state index contributed by atoms with van der Waals surface area (Å²) in [5, 5.41) is 3.06. The van der Waals surface area contributed by atoms with E-state index in [1.54, 1.807) is 0 Å². The van der Waals surface area contributed by atoms with Gasteiger partial charge >= 0.3 is 6.03 Å². The molecule has 2 amide bonds. The second-order valence-electron chi connectivity index (χ2n) is 9.43. The second-order valence-corrected chi connectivity index (χ2v) is 9.43. The van der Waals surface area contributed by atoms with Crippen LogP contribution in [0.2, 0.25) is 0 Å². The predicted molar refractivity (Wildman–Crippen MR) is 105 cm³/mol. The minimum atomic E-state index is 0.109. The fourth-order valence-corrected chi connectivity index (χ4v) is 4.98. The highest BCUT2D eigenvalue weighted by atomic mass is 16.5. The Hall–Kier alpha value is -0.850. The van der Waals surface area contributed by atoms with Gasteiger partial charge in [0.2, 0.25) is 0 Å². The first-order valence-corrected chi connectivity index (χ1v) is 11.1. The molecule has 1 aliphatic carbocycles. The highest BCUT2D eigenvalue weighted by Crippen LogP contribution is 2.45. The molecule has 0 bridgehead atoms. The molecule has 1 saturated carbocycles. The lowest BCUT2D eigenvalue weighted by atomic mass is 9.73. The number of likely N-dealkylation sites (tertiary alicyclic amines) is 2. The fourth-order valence-electron chi connectivity index (χ4n) is 4.98. The molecular weight excluding hydrogens is 342 g/mol. The van der Waals surface area contributed by atoms with Crippen LogP contribution in [-0.2, 0) is 9.47 Å². The van der Waals surface area contributed by atoms with Crippen molar-refractivity contribution in [2.75, 3.05) is 46.0 Å². The van der Waals surface area contributed by atoms with Gasteiger partial charge in [-0.25, -0.2) is 4.79 Å². The first-order valence-electron chi connectivity index (χ1n) is 11.1. The normalized spacial score (nSPS) is 29.1. The summed E-state index contributed by atoms with van der Waals surface area (Å²) in [6, 6.07) is 0.690. The summed E-state index contributed by atoms with van der Waals surface area (Å²) in [5.74, 6) is 1.32. The minimum absolute atomic E-state index is 0.109. The van der Waals surface area contributed by atoms with Gasteiger partial charge in [0, 0.05) is 52.0 Å². The van der Waals surface area contributed by atoms with Crippen LogP contribution in [0.25, 0.3) is 0 Å². The average Bonchev–Trinajstić information content (AvgIpc) is 3.50. The molecule has 1 N–H and O–H groups in total. The average molecular weight is 380 g/mol. The van der Waals surface area contributed by atoms with E-state index in [1.165, 1.54) is 12.8 Å². The van der Waals surface area contributed by atoms with Crippen LogP contribution in [-0.4, -0.2) is 79.5 Å². The number of amides is 2.